The Morgan fingerprint density at radius 2 is 1.55 bits per heavy atom. The maximum atomic E-state index is 7.94. The van der Waals surface area contributed by atoms with Crippen molar-refractivity contribution in [1.29, 1.82) is 0 Å². The fraction of sp³-hybridized carbons (Fsp3) is 0.0357. The van der Waals surface area contributed by atoms with E-state index in [2.05, 4.69) is 29.2 Å². The summed E-state index contributed by atoms with van der Waals surface area (Å²) in [4.78, 5) is 4.57. The Morgan fingerprint density at radius 3 is 2.42 bits per heavy atom. The molecule has 0 aliphatic rings. The summed E-state index contributed by atoms with van der Waals surface area (Å²) >= 11 is 6.51. The summed E-state index contributed by atoms with van der Waals surface area (Å²) in [6.07, 6.45) is 1.57. The number of furan rings is 1. The average molecular weight is 423 g/mol. The van der Waals surface area contributed by atoms with Crippen molar-refractivity contribution >= 4 is 44.3 Å². The summed E-state index contributed by atoms with van der Waals surface area (Å²) in [5, 5.41) is 4.69. The maximum absolute atomic E-state index is 7.94. The van der Waals surface area contributed by atoms with Crippen LogP contribution in [0.4, 0.5) is 0 Å². The lowest BCUT2D eigenvalue weighted by Gasteiger charge is -2.10. The molecule has 0 atom stereocenters. The van der Waals surface area contributed by atoms with Crippen molar-refractivity contribution in [3.8, 4) is 22.4 Å². The van der Waals surface area contributed by atoms with Gasteiger partial charge in [0.25, 0.3) is 0 Å². The van der Waals surface area contributed by atoms with Gasteiger partial charge < -0.3 is 4.42 Å². The van der Waals surface area contributed by atoms with Gasteiger partial charge in [-0.15, -0.1) is 0 Å². The Bertz CT molecular complexity index is 1720. The van der Waals surface area contributed by atoms with Gasteiger partial charge in [-0.2, -0.15) is 0 Å². The predicted molar refractivity (Wildman–Crippen MR) is 130 cm³/mol. The van der Waals surface area contributed by atoms with Gasteiger partial charge in [-0.25, -0.2) is 0 Å². The van der Waals surface area contributed by atoms with Gasteiger partial charge in [-0.3, -0.25) is 4.98 Å². The molecule has 0 aliphatic heterocycles. The first kappa shape index (κ1) is 15.2. The lowest BCUT2D eigenvalue weighted by molar-refractivity contribution is 0.670. The van der Waals surface area contributed by atoms with Crippen molar-refractivity contribution in [2.24, 2.45) is 0 Å². The summed E-state index contributed by atoms with van der Waals surface area (Å²) in [6.45, 7) is -2.26. The second-order valence-corrected chi connectivity index (χ2v) is 7.98. The Morgan fingerprint density at radius 1 is 0.774 bits per heavy atom. The van der Waals surface area contributed by atoms with Gasteiger partial charge in [0.1, 0.15) is 11.2 Å². The molecule has 0 spiro atoms. The van der Waals surface area contributed by atoms with Crippen LogP contribution in [0, 0.1) is 6.85 Å². The van der Waals surface area contributed by atoms with Gasteiger partial charge in [0.2, 0.25) is 0 Å². The fourth-order valence-electron chi connectivity index (χ4n) is 4.20. The smallest absolute Gasteiger partial charge is 0.144 e. The lowest BCUT2D eigenvalue weighted by atomic mass is 9.98. The highest BCUT2D eigenvalue weighted by Gasteiger charge is 2.16. The Labute approximate surface area is 188 Å². The molecule has 6 rings (SSSR count). The third-order valence-corrected chi connectivity index (χ3v) is 6.01. The Hall–Kier alpha value is -3.62. The SMILES string of the molecule is [2H]C([2H])([2H])c1ccccc1-c1cc(-c2cccc3c2oc2cc4ccccc4cc23)ncc1Cl. The molecule has 0 unspecified atom stereocenters. The number of halogens is 1. The second-order valence-electron chi connectivity index (χ2n) is 7.57. The Balaban J connectivity index is 1.58. The first-order chi connectivity index (χ1) is 16.4. The molecule has 3 heteroatoms. The van der Waals surface area contributed by atoms with E-state index in [0.29, 0.717) is 21.8 Å². The van der Waals surface area contributed by atoms with E-state index in [0.717, 1.165) is 38.3 Å². The molecule has 0 N–H and O–H groups in total. The van der Waals surface area contributed by atoms with Crippen LogP contribution in [0.1, 0.15) is 9.68 Å². The highest BCUT2D eigenvalue weighted by atomic mass is 35.5. The first-order valence-corrected chi connectivity index (χ1v) is 10.4. The van der Waals surface area contributed by atoms with Crippen LogP contribution in [0.5, 0.6) is 0 Å². The molecule has 2 heterocycles. The third-order valence-electron chi connectivity index (χ3n) is 5.71. The molecule has 2 aromatic heterocycles. The zero-order valence-corrected chi connectivity index (χ0v) is 17.1. The van der Waals surface area contributed by atoms with Gasteiger partial charge in [-0.05, 0) is 53.0 Å². The molecule has 0 aliphatic carbocycles. The van der Waals surface area contributed by atoms with Gasteiger partial charge in [0.05, 0.1) is 10.7 Å². The molecule has 4 aromatic carbocycles. The van der Waals surface area contributed by atoms with E-state index in [1.807, 2.05) is 42.5 Å². The van der Waals surface area contributed by atoms with Crippen LogP contribution in [0.25, 0.3) is 55.1 Å². The number of para-hydroxylation sites is 1. The highest BCUT2D eigenvalue weighted by molar-refractivity contribution is 6.33. The number of aromatic nitrogens is 1. The molecular weight excluding hydrogens is 402 g/mol. The zero-order chi connectivity index (χ0) is 23.4. The summed E-state index contributed by atoms with van der Waals surface area (Å²) in [5.74, 6) is 0. The van der Waals surface area contributed by atoms with Crippen LogP contribution in [-0.2, 0) is 0 Å². The van der Waals surface area contributed by atoms with Gasteiger partial charge >= 0.3 is 0 Å². The first-order valence-electron chi connectivity index (χ1n) is 11.5. The normalized spacial score (nSPS) is 13.4. The number of hydrogen-bond acceptors (Lipinski definition) is 2. The predicted octanol–water partition coefficient (Wildman–Crippen LogP) is 8.43. The van der Waals surface area contributed by atoms with Gasteiger partial charge in [0, 0.05) is 32.2 Å². The van der Waals surface area contributed by atoms with Crippen molar-refractivity contribution in [2.45, 2.75) is 6.85 Å². The van der Waals surface area contributed by atoms with Crippen LogP contribution in [0.3, 0.4) is 0 Å². The highest BCUT2D eigenvalue weighted by Crippen LogP contribution is 2.39. The van der Waals surface area contributed by atoms with Crippen molar-refractivity contribution in [3.05, 3.63) is 102 Å². The van der Waals surface area contributed by atoms with E-state index in [1.165, 1.54) is 0 Å². The van der Waals surface area contributed by atoms with Crippen molar-refractivity contribution < 1.29 is 8.53 Å². The summed E-state index contributed by atoms with van der Waals surface area (Å²) < 4.78 is 30.2. The van der Waals surface area contributed by atoms with Gasteiger partial charge in [0.15, 0.2) is 0 Å². The number of rotatable bonds is 2. The van der Waals surface area contributed by atoms with Crippen LogP contribution < -0.4 is 0 Å². The fourth-order valence-corrected chi connectivity index (χ4v) is 4.40. The Kier molecular flexibility index (Phi) is 3.42. The average Bonchev–Trinajstić information content (AvgIpc) is 3.20. The van der Waals surface area contributed by atoms with Gasteiger partial charge in [-0.1, -0.05) is 72.3 Å². The van der Waals surface area contributed by atoms with Crippen LogP contribution in [0.2, 0.25) is 5.02 Å². The number of benzene rings is 4. The summed E-state index contributed by atoms with van der Waals surface area (Å²) in [6, 6.07) is 27.1. The van der Waals surface area contributed by atoms with Crippen LogP contribution >= 0.6 is 11.6 Å². The minimum Gasteiger partial charge on any atom is -0.455 e. The quantitative estimate of drug-likeness (QED) is 0.280. The molecule has 2 nitrogen and oxygen atoms in total. The van der Waals surface area contributed by atoms with Crippen LogP contribution in [-0.4, -0.2) is 4.98 Å². The molecule has 0 fully saturated rings. The molecule has 6 aromatic rings. The molecule has 148 valence electrons. The molecule has 0 saturated carbocycles. The second kappa shape index (κ2) is 6.97. The largest absolute Gasteiger partial charge is 0.455 e. The minimum absolute atomic E-state index is 0.252. The van der Waals surface area contributed by atoms with Crippen molar-refractivity contribution in [3.63, 3.8) is 0 Å². The number of nitrogens with zero attached hydrogens (tertiary/aromatic N) is 1. The monoisotopic (exact) mass is 422 g/mol. The number of hydrogen-bond donors (Lipinski definition) is 0. The van der Waals surface area contributed by atoms with E-state index < -0.39 is 6.85 Å². The third kappa shape index (κ3) is 2.91. The standard InChI is InChI=1S/C28H18ClNO/c1-17-7-2-5-10-20(17)23-15-26(30-16-25(23)29)22-12-6-11-21-24-13-18-8-3-4-9-19(18)14-27(24)31-28(21)22/h2-16H,1H3/i1D3. The molecule has 31 heavy (non-hydrogen) atoms. The van der Waals surface area contributed by atoms with E-state index >= 15 is 0 Å². The summed E-state index contributed by atoms with van der Waals surface area (Å²) in [5.41, 5.74) is 4.47. The van der Waals surface area contributed by atoms with E-state index in [9.17, 15) is 0 Å². The zero-order valence-electron chi connectivity index (χ0n) is 19.4. The van der Waals surface area contributed by atoms with E-state index in [1.54, 1.807) is 24.4 Å². The minimum atomic E-state index is -2.26. The topological polar surface area (TPSA) is 26.0 Å². The molecule has 0 radical (unpaired) electrons. The molecular formula is C28H18ClNO. The number of aryl methyl sites for hydroxylation is 1. The van der Waals surface area contributed by atoms with E-state index in [-0.39, 0.29) is 5.56 Å². The number of pyridine rings is 1. The lowest BCUT2D eigenvalue weighted by Crippen LogP contribution is -1.89. The maximum Gasteiger partial charge on any atom is 0.144 e. The van der Waals surface area contributed by atoms with Crippen LogP contribution in [0.15, 0.2) is 95.5 Å². The molecule has 0 bridgehead atoms. The van der Waals surface area contributed by atoms with E-state index in [4.69, 9.17) is 20.1 Å². The molecule has 0 amide bonds. The van der Waals surface area contributed by atoms with Crippen molar-refractivity contribution in [2.75, 3.05) is 0 Å². The van der Waals surface area contributed by atoms with Crippen molar-refractivity contribution in [1.82, 2.24) is 4.98 Å². The summed E-state index contributed by atoms with van der Waals surface area (Å²) in [7, 11) is 0. The molecule has 0 saturated heterocycles. The number of fused-ring (bicyclic) bond motifs is 4.